The van der Waals surface area contributed by atoms with Gasteiger partial charge in [0.15, 0.2) is 0 Å². The van der Waals surface area contributed by atoms with Crippen molar-refractivity contribution in [3.8, 4) is 0 Å². The number of hydrogen-bond acceptors (Lipinski definition) is 3. The zero-order chi connectivity index (χ0) is 14.9. The summed E-state index contributed by atoms with van der Waals surface area (Å²) in [5.41, 5.74) is 3.58. The van der Waals surface area contributed by atoms with Crippen LogP contribution in [0.4, 0.5) is 18.0 Å². The van der Waals surface area contributed by atoms with E-state index in [1.165, 1.54) is 0 Å². The number of hydrogen-bond donors (Lipinski definition) is 2. The minimum absolute atomic E-state index is 0.310. The Labute approximate surface area is 110 Å². The Morgan fingerprint density at radius 1 is 1.37 bits per heavy atom. The monoisotopic (exact) mass is 282 g/mol. The normalized spacial score (nSPS) is 20.4. The highest BCUT2D eigenvalue weighted by Gasteiger charge is 2.47. The summed E-state index contributed by atoms with van der Waals surface area (Å²) < 4.78 is 42.5. The fourth-order valence-corrected chi connectivity index (χ4v) is 2.04. The van der Waals surface area contributed by atoms with Crippen molar-refractivity contribution in [2.24, 2.45) is 5.73 Å². The molecule has 1 fully saturated rings. The van der Waals surface area contributed by atoms with Gasteiger partial charge in [-0.05, 0) is 46.5 Å². The summed E-state index contributed by atoms with van der Waals surface area (Å²) in [5, 5.41) is 2.55. The zero-order valence-electron chi connectivity index (χ0n) is 11.4. The Kier molecular flexibility index (Phi) is 4.39. The maximum atomic E-state index is 12.5. The molecule has 0 aliphatic heterocycles. The van der Waals surface area contributed by atoms with Crippen LogP contribution in [0.3, 0.4) is 0 Å². The molecule has 0 spiro atoms. The van der Waals surface area contributed by atoms with Crippen LogP contribution in [0.15, 0.2) is 0 Å². The van der Waals surface area contributed by atoms with E-state index in [1.807, 2.05) is 0 Å². The lowest BCUT2D eigenvalue weighted by atomic mass is 9.72. The second-order valence-electron chi connectivity index (χ2n) is 6.11. The summed E-state index contributed by atoms with van der Waals surface area (Å²) in [5.74, 6) is 0. The zero-order valence-corrected chi connectivity index (χ0v) is 11.4. The van der Waals surface area contributed by atoms with Crippen LogP contribution >= 0.6 is 0 Å². The van der Waals surface area contributed by atoms with Crippen LogP contribution in [-0.2, 0) is 4.74 Å². The fourth-order valence-electron chi connectivity index (χ4n) is 2.04. The first kappa shape index (κ1) is 16.1. The van der Waals surface area contributed by atoms with Crippen LogP contribution in [0.2, 0.25) is 0 Å². The van der Waals surface area contributed by atoms with Gasteiger partial charge < -0.3 is 15.8 Å². The Balaban J connectivity index is 2.59. The maximum Gasteiger partial charge on any atom is 0.408 e. The Bertz CT molecular complexity index is 333. The molecule has 1 aliphatic carbocycles. The van der Waals surface area contributed by atoms with E-state index in [0.29, 0.717) is 12.8 Å². The summed E-state index contributed by atoms with van der Waals surface area (Å²) in [7, 11) is 0. The predicted molar refractivity (Wildman–Crippen MR) is 64.6 cm³/mol. The number of halogens is 3. The van der Waals surface area contributed by atoms with E-state index in [0.717, 1.165) is 6.42 Å². The van der Waals surface area contributed by atoms with Crippen molar-refractivity contribution >= 4 is 6.09 Å². The van der Waals surface area contributed by atoms with Gasteiger partial charge in [0.05, 0.1) is 0 Å². The summed E-state index contributed by atoms with van der Waals surface area (Å²) in [4.78, 5) is 11.6. The third-order valence-electron chi connectivity index (χ3n) is 3.11. The molecule has 4 nitrogen and oxygen atoms in total. The first-order valence-electron chi connectivity index (χ1n) is 6.27. The second kappa shape index (κ2) is 5.19. The molecule has 1 saturated carbocycles. The van der Waals surface area contributed by atoms with Gasteiger partial charge in [0, 0.05) is 5.54 Å². The van der Waals surface area contributed by atoms with E-state index in [4.69, 9.17) is 10.5 Å². The van der Waals surface area contributed by atoms with Gasteiger partial charge in [-0.3, -0.25) is 0 Å². The molecule has 19 heavy (non-hydrogen) atoms. The molecule has 7 heteroatoms. The molecule has 0 heterocycles. The van der Waals surface area contributed by atoms with Crippen LogP contribution in [0.5, 0.6) is 0 Å². The van der Waals surface area contributed by atoms with Crippen LogP contribution in [0.1, 0.15) is 46.5 Å². The van der Waals surface area contributed by atoms with Gasteiger partial charge in [-0.15, -0.1) is 0 Å². The van der Waals surface area contributed by atoms with E-state index in [2.05, 4.69) is 5.32 Å². The molecule has 1 rings (SSSR count). The lowest BCUT2D eigenvalue weighted by Crippen LogP contribution is -2.58. The number of ether oxygens (including phenoxy) is 1. The van der Waals surface area contributed by atoms with E-state index in [-0.39, 0.29) is 6.42 Å². The van der Waals surface area contributed by atoms with Crippen molar-refractivity contribution in [1.29, 1.82) is 0 Å². The molecule has 1 unspecified atom stereocenters. The fraction of sp³-hybridized carbons (Fsp3) is 0.917. The number of alkyl carbamates (subject to hydrolysis) is 1. The van der Waals surface area contributed by atoms with E-state index >= 15 is 0 Å². The lowest BCUT2D eigenvalue weighted by molar-refractivity contribution is -0.154. The minimum atomic E-state index is -4.45. The van der Waals surface area contributed by atoms with Gasteiger partial charge in [-0.25, -0.2) is 4.79 Å². The lowest BCUT2D eigenvalue weighted by Gasteiger charge is -2.44. The van der Waals surface area contributed by atoms with Crippen LogP contribution in [0.25, 0.3) is 0 Å². The molecule has 1 aliphatic rings. The van der Waals surface area contributed by atoms with E-state index < -0.39 is 29.5 Å². The Morgan fingerprint density at radius 3 is 2.21 bits per heavy atom. The molecule has 0 aromatic heterocycles. The van der Waals surface area contributed by atoms with Gasteiger partial charge in [0.25, 0.3) is 0 Å². The molecule has 1 atom stereocenters. The standard InChI is InChI=1S/C12H21F3N2O2/c1-10(2,3)19-9(18)17-11(5-4-6-11)7-8(16)12(13,14)15/h8H,4-7,16H2,1-3H3,(H,17,18). The second-order valence-corrected chi connectivity index (χ2v) is 6.11. The first-order chi connectivity index (χ1) is 8.44. The molecule has 0 aromatic rings. The van der Waals surface area contributed by atoms with Crippen molar-refractivity contribution in [1.82, 2.24) is 5.32 Å². The summed E-state index contributed by atoms with van der Waals surface area (Å²) >= 11 is 0. The van der Waals surface area contributed by atoms with E-state index in [9.17, 15) is 18.0 Å². The third-order valence-corrected chi connectivity index (χ3v) is 3.11. The van der Waals surface area contributed by atoms with Gasteiger partial charge in [0.1, 0.15) is 11.6 Å². The Hall–Kier alpha value is -0.980. The topological polar surface area (TPSA) is 64.3 Å². The van der Waals surface area contributed by atoms with Crippen molar-refractivity contribution in [3.05, 3.63) is 0 Å². The number of rotatable bonds is 3. The SMILES string of the molecule is CC(C)(C)OC(=O)NC1(CC(N)C(F)(F)F)CCC1. The largest absolute Gasteiger partial charge is 0.444 e. The van der Waals surface area contributed by atoms with Gasteiger partial charge in [-0.1, -0.05) is 0 Å². The third kappa shape index (κ3) is 4.89. The molecule has 0 saturated heterocycles. The summed E-state index contributed by atoms with van der Waals surface area (Å²) in [6.45, 7) is 5.09. The van der Waals surface area contributed by atoms with Crippen molar-refractivity contribution < 1.29 is 22.7 Å². The molecule has 0 bridgehead atoms. The average Bonchev–Trinajstić information content (AvgIpc) is 2.09. The van der Waals surface area contributed by atoms with E-state index in [1.54, 1.807) is 20.8 Å². The van der Waals surface area contributed by atoms with Crippen LogP contribution in [-0.4, -0.2) is 29.5 Å². The van der Waals surface area contributed by atoms with Crippen molar-refractivity contribution in [2.75, 3.05) is 0 Å². The molecule has 0 radical (unpaired) electrons. The molecule has 112 valence electrons. The molecule has 3 N–H and O–H groups in total. The highest BCUT2D eigenvalue weighted by molar-refractivity contribution is 5.69. The Morgan fingerprint density at radius 2 is 1.89 bits per heavy atom. The predicted octanol–water partition coefficient (Wildman–Crippen LogP) is 2.71. The molecule has 0 aromatic carbocycles. The highest BCUT2D eigenvalue weighted by Crippen LogP contribution is 2.38. The van der Waals surface area contributed by atoms with Crippen molar-refractivity contribution in [3.63, 3.8) is 0 Å². The highest BCUT2D eigenvalue weighted by atomic mass is 19.4. The number of alkyl halides is 3. The summed E-state index contributed by atoms with van der Waals surface area (Å²) in [6.07, 6.45) is -3.68. The number of carbonyl (C=O) groups excluding carboxylic acids is 1. The van der Waals surface area contributed by atoms with Gasteiger partial charge in [-0.2, -0.15) is 13.2 Å². The number of amides is 1. The quantitative estimate of drug-likeness (QED) is 0.836. The number of nitrogens with one attached hydrogen (secondary N) is 1. The van der Waals surface area contributed by atoms with Crippen molar-refractivity contribution in [2.45, 2.75) is 69.8 Å². The summed E-state index contributed by atoms with van der Waals surface area (Å²) in [6, 6.07) is -1.93. The average molecular weight is 282 g/mol. The van der Waals surface area contributed by atoms with Gasteiger partial charge >= 0.3 is 12.3 Å². The molecular formula is C12H21F3N2O2. The number of carbonyl (C=O) groups is 1. The maximum absolute atomic E-state index is 12.5. The smallest absolute Gasteiger partial charge is 0.408 e. The first-order valence-corrected chi connectivity index (χ1v) is 6.27. The number of nitrogens with two attached hydrogens (primary N) is 1. The van der Waals surface area contributed by atoms with Gasteiger partial charge in [0.2, 0.25) is 0 Å². The van der Waals surface area contributed by atoms with Crippen LogP contribution in [0, 0.1) is 0 Å². The minimum Gasteiger partial charge on any atom is -0.444 e. The molecular weight excluding hydrogens is 261 g/mol. The van der Waals surface area contributed by atoms with Crippen LogP contribution < -0.4 is 11.1 Å². The molecule has 1 amide bonds.